The predicted molar refractivity (Wildman–Crippen MR) is 310 cm³/mol. The topological polar surface area (TPSA) is 305 Å². The quantitative estimate of drug-likeness (QED) is 0.0123. The van der Waals surface area contributed by atoms with Gasteiger partial charge in [-0.3, -0.25) is 19.2 Å². The van der Waals surface area contributed by atoms with E-state index in [1.165, 1.54) is 6.92 Å². The minimum atomic E-state index is -1.82. The van der Waals surface area contributed by atoms with E-state index in [0.717, 1.165) is 16.7 Å². The van der Waals surface area contributed by atoms with Crippen molar-refractivity contribution in [3.8, 4) is 0 Å². The molecule has 6 rings (SSSR count). The maximum Gasteiger partial charge on any atom is 0.408 e. The van der Waals surface area contributed by atoms with E-state index in [1.54, 1.807) is 94.1 Å². The number of allylic oxidation sites excluding steroid dienone is 1. The minimum Gasteiger partial charge on any atom is -0.664 e. The number of carboxylic acid groups (broad SMARTS) is 1. The fourth-order valence-corrected chi connectivity index (χ4v) is 12.0. The van der Waals surface area contributed by atoms with E-state index in [1.807, 2.05) is 58.0 Å². The van der Waals surface area contributed by atoms with Crippen LogP contribution in [0.5, 0.6) is 0 Å². The Morgan fingerprint density at radius 1 is 0.915 bits per heavy atom. The molecule has 0 spiro atoms. The molecule has 82 heavy (non-hydrogen) atoms. The van der Waals surface area contributed by atoms with Crippen LogP contribution in [0, 0.1) is 28.1 Å². The molecule has 2 bridgehead atoms. The summed E-state index contributed by atoms with van der Waals surface area (Å²) < 4.78 is 31.9. The Balaban J connectivity index is 0.000000513. The molecular formula is C59H83N5O15PSY-. The smallest absolute Gasteiger partial charge is 0.408 e. The Hall–Kier alpha value is -4.51. The third-order valence-electron chi connectivity index (χ3n) is 15.8. The molecule has 0 aliphatic heterocycles. The third kappa shape index (κ3) is 18.7. The number of likely N-dealkylation sites (N-methyl/N-ethyl adjacent to an activating group) is 2. The fraction of sp³-hybridized carbons (Fsp3) is 0.542. The van der Waals surface area contributed by atoms with Gasteiger partial charge in [0.15, 0.2) is 0 Å². The number of thiol groups is 1. The summed E-state index contributed by atoms with van der Waals surface area (Å²) in [7, 11) is 1.55. The number of ether oxygens (including phenoxy) is 3. The Labute approximate surface area is 514 Å². The Bertz CT molecular complexity index is 2650. The molecular weight excluding hydrogens is 1170 g/mol. The summed E-state index contributed by atoms with van der Waals surface area (Å²) in [5.74, 6) is -4.50. The van der Waals surface area contributed by atoms with Crippen molar-refractivity contribution in [1.82, 2.24) is 15.3 Å². The molecule has 1 radical (unpaired) electrons. The molecule has 8 N–H and O–H groups in total. The average Bonchev–Trinajstić information content (AvgIpc) is 2.75. The van der Waals surface area contributed by atoms with Crippen LogP contribution in [0.2, 0.25) is 0 Å². The van der Waals surface area contributed by atoms with Gasteiger partial charge in [-0.2, -0.15) is 7.05 Å². The molecule has 3 aliphatic carbocycles. The summed E-state index contributed by atoms with van der Waals surface area (Å²) in [4.78, 5) is 103. The van der Waals surface area contributed by atoms with Crippen molar-refractivity contribution in [2.45, 2.75) is 137 Å². The summed E-state index contributed by atoms with van der Waals surface area (Å²) in [6.45, 7) is 15.5. The standard InChI is InChI=1S/C43H55NO9.C16H26N4O5P.H2OS.Y/c1-26-30-23-34(47)42(8)20-15-21-43(25-45,27(2)46)37(42)36(52-38(49)29-18-13-10-14-19-29)31(41(30,6)7)22-33(26)51-35(48)24-32(28-16-11-9-12-17-28)44-39(50)53-40(3,4)5;1-18-8-9-20(2)26(24)25-10-7-14(16(22)23)19-15(21)13-5-3-12(11-17)4-6-13;1-2;/h9-14,16-19,31-33,36-37,45H,15,20-25H2,1-8H3,(H,44,50);3-6,14,24H,7-11,17H2,1-2H3,(H,19,21)(H,22,23);1-2H;/q;-1;;/t31?,32?,33-,36?,37?,42?,43-;;;/m0.../s1. The average molecular weight is 1250 g/mol. The number of nitrogens with zero attached hydrogens (tertiary/aromatic N) is 2. The molecule has 0 saturated heterocycles. The molecule has 449 valence electrons. The van der Waals surface area contributed by atoms with Gasteiger partial charge < -0.3 is 60.1 Å². The van der Waals surface area contributed by atoms with Crippen molar-refractivity contribution in [3.05, 3.63) is 124 Å². The summed E-state index contributed by atoms with van der Waals surface area (Å²) >= 11 is 2.53. The van der Waals surface area contributed by atoms with E-state index in [-0.39, 0.29) is 76.6 Å². The molecule has 9 atom stereocenters. The zero-order valence-electron chi connectivity index (χ0n) is 48.8. The molecule has 0 aromatic heterocycles. The SMILES string of the molecule is CC(=O)[C@@]1(CO)CCCC2(C)C(=O)CC3=C(C)[C@@H](OC(=O)CC(NC(=O)OC(C)(C)C)c4ccccc4)CC(C(OC(=O)c4ccccc4)C21)C3(C)C.C[N-]CCN(C)P(O)OCCC(NC(=O)c1ccc(CN)cc1)C(=O)O.OS.[Y]. The zero-order chi connectivity index (χ0) is 60.5. The van der Waals surface area contributed by atoms with Gasteiger partial charge in [-0.1, -0.05) is 93.4 Å². The van der Waals surface area contributed by atoms with Gasteiger partial charge >= 0.3 is 24.0 Å². The van der Waals surface area contributed by atoms with E-state index in [0.29, 0.717) is 55.6 Å². The number of Topliss-reactive ketones (excluding diaryl/α,β-unsaturated/α-hetero) is 2. The van der Waals surface area contributed by atoms with Crippen molar-refractivity contribution >= 4 is 62.9 Å². The molecule has 7 unspecified atom stereocenters. The van der Waals surface area contributed by atoms with Gasteiger partial charge in [-0.05, 0) is 127 Å². The molecule has 0 heterocycles. The number of benzene rings is 3. The van der Waals surface area contributed by atoms with Crippen LogP contribution in [0.4, 0.5) is 4.79 Å². The second-order valence-electron chi connectivity index (χ2n) is 22.5. The first-order valence-corrected chi connectivity index (χ1v) is 28.6. The molecule has 3 aromatic carbocycles. The molecule has 3 aromatic rings. The number of fused-ring (bicyclic) bond motifs is 3. The van der Waals surface area contributed by atoms with Gasteiger partial charge in [0.05, 0.1) is 36.7 Å². The summed E-state index contributed by atoms with van der Waals surface area (Å²) in [5.41, 5.74) is 5.45. The molecule has 2 fully saturated rings. The number of aliphatic hydroxyl groups is 1. The van der Waals surface area contributed by atoms with Crippen LogP contribution in [0.15, 0.2) is 96.1 Å². The number of esters is 2. The fourth-order valence-electron chi connectivity index (χ4n) is 11.3. The number of carbonyl (C=O) groups excluding carboxylic acids is 6. The monoisotopic (exact) mass is 1250 g/mol. The Kier molecular flexibility index (Phi) is 28.6. The summed E-state index contributed by atoms with van der Waals surface area (Å²) in [6, 6.07) is 22.4. The van der Waals surface area contributed by atoms with Gasteiger partial charge in [0.1, 0.15) is 35.4 Å². The van der Waals surface area contributed by atoms with E-state index in [2.05, 4.69) is 28.9 Å². The van der Waals surface area contributed by atoms with Gasteiger partial charge in [-0.25, -0.2) is 19.1 Å². The van der Waals surface area contributed by atoms with Crippen LogP contribution in [-0.2, 0) is 77.2 Å². The molecule has 23 heteroatoms. The summed E-state index contributed by atoms with van der Waals surface area (Å²) in [5, 5.41) is 29.5. The number of carbonyl (C=O) groups is 7. The second-order valence-corrected chi connectivity index (χ2v) is 24.0. The Morgan fingerprint density at radius 3 is 2.07 bits per heavy atom. The number of aliphatic hydroxyl groups excluding tert-OH is 1. The summed E-state index contributed by atoms with van der Waals surface area (Å²) in [6.07, 6.45) is -0.893. The molecule has 2 amide bonds. The second kappa shape index (κ2) is 32.7. The minimum absolute atomic E-state index is 0. The van der Waals surface area contributed by atoms with Crippen LogP contribution < -0.4 is 16.4 Å². The first kappa shape index (κ1) is 71.8. The molecule has 2 saturated carbocycles. The predicted octanol–water partition coefficient (Wildman–Crippen LogP) is 8.77. The van der Waals surface area contributed by atoms with Crippen molar-refractivity contribution in [1.29, 1.82) is 0 Å². The number of amides is 2. The number of rotatable bonds is 21. The van der Waals surface area contributed by atoms with E-state index >= 15 is 0 Å². The Morgan fingerprint density at radius 2 is 1.52 bits per heavy atom. The van der Waals surface area contributed by atoms with Crippen molar-refractivity contribution in [3.63, 3.8) is 0 Å². The largest absolute Gasteiger partial charge is 0.664 e. The van der Waals surface area contributed by atoms with Gasteiger partial charge in [0, 0.05) is 74.9 Å². The number of ketones is 2. The number of hydrogen-bond donors (Lipinski definition) is 8. The van der Waals surface area contributed by atoms with Gasteiger partial charge in [0.2, 0.25) is 0 Å². The van der Waals surface area contributed by atoms with Gasteiger partial charge in [0.25, 0.3) is 14.4 Å². The maximum absolute atomic E-state index is 14.7. The molecule has 3 aliphatic rings. The number of nitrogens with two attached hydrogens (primary N) is 1. The van der Waals surface area contributed by atoms with E-state index in [4.69, 9.17) is 29.0 Å². The van der Waals surface area contributed by atoms with Crippen LogP contribution in [0.1, 0.15) is 138 Å². The zero-order valence-corrected chi connectivity index (χ0v) is 53.4. The van der Waals surface area contributed by atoms with Crippen LogP contribution in [-0.4, -0.2) is 130 Å². The van der Waals surface area contributed by atoms with Crippen molar-refractivity contribution in [2.24, 2.45) is 33.8 Å². The van der Waals surface area contributed by atoms with E-state index in [9.17, 15) is 48.7 Å². The van der Waals surface area contributed by atoms with Gasteiger partial charge in [-0.15, -0.1) is 6.54 Å². The maximum atomic E-state index is 14.7. The number of aliphatic carboxylic acids is 1. The third-order valence-corrected chi connectivity index (χ3v) is 17.0. The van der Waals surface area contributed by atoms with Crippen LogP contribution in [0.25, 0.3) is 5.32 Å². The van der Waals surface area contributed by atoms with Crippen molar-refractivity contribution < 1.29 is 105 Å². The van der Waals surface area contributed by atoms with Crippen LogP contribution >= 0.6 is 21.4 Å². The van der Waals surface area contributed by atoms with Crippen molar-refractivity contribution in [2.75, 3.05) is 40.4 Å². The number of nitrogens with one attached hydrogen (secondary N) is 2. The molecule has 20 nitrogen and oxygen atoms in total. The normalized spacial score (nSPS) is 22.9. The van der Waals surface area contributed by atoms with Crippen LogP contribution in [0.3, 0.4) is 0 Å². The first-order valence-electron chi connectivity index (χ1n) is 27.0. The van der Waals surface area contributed by atoms with E-state index < -0.39 is 103 Å². The number of alkyl carbamates (subject to hydrolysis) is 1. The number of carboxylic acids is 1. The number of hydrogen-bond acceptors (Lipinski definition) is 17. The first-order chi connectivity index (χ1) is 38.2.